The normalized spacial score (nSPS) is 18.4. The molecule has 1 saturated heterocycles. The fourth-order valence-corrected chi connectivity index (χ4v) is 4.53. The molecule has 4 nitrogen and oxygen atoms in total. The van der Waals surface area contributed by atoms with E-state index in [4.69, 9.17) is 0 Å². The maximum atomic E-state index is 13.9. The van der Waals surface area contributed by atoms with Gasteiger partial charge in [0.25, 0.3) is 5.91 Å². The monoisotopic (exact) mass is 375 g/mol. The molecule has 1 aliphatic heterocycles. The van der Waals surface area contributed by atoms with Crippen LogP contribution in [0.2, 0.25) is 0 Å². The minimum atomic E-state index is -0.485. The SMILES string of the molecule is CCN1CCN([C@@H](c2cccs2)[C@H](C)NC(=O)c2ccccc2F)CC1. The van der Waals surface area contributed by atoms with Crippen LogP contribution in [0.5, 0.6) is 0 Å². The first-order valence-corrected chi connectivity index (χ1v) is 10.0. The van der Waals surface area contributed by atoms with E-state index >= 15 is 0 Å². The molecule has 0 spiro atoms. The van der Waals surface area contributed by atoms with E-state index in [0.717, 1.165) is 32.7 Å². The number of likely N-dealkylation sites (N-methyl/N-ethyl adjacent to an activating group) is 1. The minimum Gasteiger partial charge on any atom is -0.348 e. The molecule has 1 N–H and O–H groups in total. The number of thiophene rings is 1. The van der Waals surface area contributed by atoms with Crippen LogP contribution in [0, 0.1) is 5.82 Å². The Morgan fingerprint density at radius 3 is 2.54 bits per heavy atom. The van der Waals surface area contributed by atoms with Crippen LogP contribution < -0.4 is 5.32 Å². The van der Waals surface area contributed by atoms with E-state index < -0.39 is 5.82 Å². The molecule has 0 saturated carbocycles. The third-order valence-corrected chi connectivity index (χ3v) is 5.98. The molecule has 2 aromatic rings. The van der Waals surface area contributed by atoms with E-state index in [1.807, 2.05) is 13.0 Å². The van der Waals surface area contributed by atoms with E-state index in [1.165, 1.54) is 17.0 Å². The lowest BCUT2D eigenvalue weighted by Gasteiger charge is -2.41. The zero-order valence-corrected chi connectivity index (χ0v) is 16.1. The number of hydrogen-bond donors (Lipinski definition) is 1. The highest BCUT2D eigenvalue weighted by atomic mass is 32.1. The number of hydrogen-bond acceptors (Lipinski definition) is 4. The lowest BCUT2D eigenvalue weighted by atomic mass is 10.0. The summed E-state index contributed by atoms with van der Waals surface area (Å²) in [6.07, 6.45) is 0. The van der Waals surface area contributed by atoms with Crippen molar-refractivity contribution in [2.45, 2.75) is 25.9 Å². The van der Waals surface area contributed by atoms with Crippen molar-refractivity contribution < 1.29 is 9.18 Å². The van der Waals surface area contributed by atoms with Gasteiger partial charge in [0.2, 0.25) is 0 Å². The van der Waals surface area contributed by atoms with Crippen molar-refractivity contribution in [3.8, 4) is 0 Å². The standard InChI is InChI=1S/C20H26FN3OS/c1-3-23-10-12-24(13-11-23)19(18-9-6-14-26-18)15(2)22-20(25)16-7-4-5-8-17(16)21/h4-9,14-15,19H,3,10-13H2,1-2H3,(H,22,25)/t15-,19+/m0/s1. The van der Waals surface area contributed by atoms with Gasteiger partial charge in [-0.3, -0.25) is 9.69 Å². The van der Waals surface area contributed by atoms with Gasteiger partial charge in [0.1, 0.15) is 5.82 Å². The molecule has 6 heteroatoms. The van der Waals surface area contributed by atoms with Crippen LogP contribution in [0.1, 0.15) is 35.1 Å². The van der Waals surface area contributed by atoms with Gasteiger partial charge in [-0.05, 0) is 37.0 Å². The Hall–Kier alpha value is -1.76. The number of carbonyl (C=O) groups is 1. The van der Waals surface area contributed by atoms with Crippen molar-refractivity contribution in [1.29, 1.82) is 0 Å². The fourth-order valence-electron chi connectivity index (χ4n) is 3.57. The van der Waals surface area contributed by atoms with Crippen LogP contribution in [0.15, 0.2) is 41.8 Å². The molecule has 0 bridgehead atoms. The highest BCUT2D eigenvalue weighted by molar-refractivity contribution is 7.10. The molecule has 2 atom stereocenters. The third kappa shape index (κ3) is 4.31. The highest BCUT2D eigenvalue weighted by Gasteiger charge is 2.31. The number of nitrogens with zero attached hydrogens (tertiary/aromatic N) is 2. The Kier molecular flexibility index (Phi) is 6.40. The van der Waals surface area contributed by atoms with Gasteiger partial charge in [-0.15, -0.1) is 11.3 Å². The van der Waals surface area contributed by atoms with E-state index in [-0.39, 0.29) is 23.6 Å². The Morgan fingerprint density at radius 1 is 1.19 bits per heavy atom. The van der Waals surface area contributed by atoms with Gasteiger partial charge in [-0.25, -0.2) is 4.39 Å². The maximum absolute atomic E-state index is 13.9. The van der Waals surface area contributed by atoms with E-state index in [2.05, 4.69) is 33.5 Å². The van der Waals surface area contributed by atoms with Crippen LogP contribution in [0.4, 0.5) is 4.39 Å². The number of amides is 1. The van der Waals surface area contributed by atoms with Gasteiger partial charge in [-0.1, -0.05) is 25.1 Å². The van der Waals surface area contributed by atoms with Crippen LogP contribution in [-0.2, 0) is 0 Å². The molecule has 1 fully saturated rings. The Balaban J connectivity index is 1.75. The number of piperazine rings is 1. The van der Waals surface area contributed by atoms with Gasteiger partial charge in [0, 0.05) is 37.1 Å². The predicted octanol–water partition coefficient (Wildman–Crippen LogP) is 3.38. The molecule has 0 aliphatic carbocycles. The van der Waals surface area contributed by atoms with Crippen molar-refractivity contribution in [1.82, 2.24) is 15.1 Å². The molecule has 140 valence electrons. The van der Waals surface area contributed by atoms with Gasteiger partial charge >= 0.3 is 0 Å². The molecule has 0 unspecified atom stereocenters. The summed E-state index contributed by atoms with van der Waals surface area (Å²) in [5.74, 6) is -0.842. The van der Waals surface area contributed by atoms with Gasteiger partial charge < -0.3 is 10.2 Å². The maximum Gasteiger partial charge on any atom is 0.254 e. The van der Waals surface area contributed by atoms with E-state index in [9.17, 15) is 9.18 Å². The molecule has 1 aromatic heterocycles. The van der Waals surface area contributed by atoms with Crippen molar-refractivity contribution in [3.63, 3.8) is 0 Å². The average Bonchev–Trinajstić information content (AvgIpc) is 3.17. The molecule has 3 rings (SSSR count). The predicted molar refractivity (Wildman–Crippen MR) is 104 cm³/mol. The largest absolute Gasteiger partial charge is 0.348 e. The van der Waals surface area contributed by atoms with Gasteiger partial charge in [-0.2, -0.15) is 0 Å². The summed E-state index contributed by atoms with van der Waals surface area (Å²) < 4.78 is 13.9. The van der Waals surface area contributed by atoms with Crippen molar-refractivity contribution >= 4 is 17.2 Å². The summed E-state index contributed by atoms with van der Waals surface area (Å²) in [7, 11) is 0. The number of halogens is 1. The molecule has 1 aromatic carbocycles. The van der Waals surface area contributed by atoms with Crippen molar-refractivity contribution in [2.24, 2.45) is 0 Å². The van der Waals surface area contributed by atoms with Crippen molar-refractivity contribution in [3.05, 3.63) is 58.0 Å². The summed E-state index contributed by atoms with van der Waals surface area (Å²) in [5, 5.41) is 5.09. The highest BCUT2D eigenvalue weighted by Crippen LogP contribution is 2.29. The van der Waals surface area contributed by atoms with Gasteiger partial charge in [0.05, 0.1) is 11.6 Å². The summed E-state index contributed by atoms with van der Waals surface area (Å²) in [5.41, 5.74) is 0.0973. The van der Waals surface area contributed by atoms with E-state index in [1.54, 1.807) is 23.5 Å². The molecule has 2 heterocycles. The Bertz CT molecular complexity index is 714. The zero-order valence-electron chi connectivity index (χ0n) is 15.3. The van der Waals surface area contributed by atoms with Crippen molar-refractivity contribution in [2.75, 3.05) is 32.7 Å². The summed E-state index contributed by atoms with van der Waals surface area (Å²) in [6, 6.07) is 10.3. The average molecular weight is 376 g/mol. The second-order valence-electron chi connectivity index (χ2n) is 6.67. The van der Waals surface area contributed by atoms with Crippen LogP contribution in [0.3, 0.4) is 0 Å². The quantitative estimate of drug-likeness (QED) is 0.841. The molecular weight excluding hydrogens is 349 g/mol. The van der Waals surface area contributed by atoms with Gasteiger partial charge in [0.15, 0.2) is 0 Å². The minimum absolute atomic E-state index is 0.0973. The number of nitrogens with one attached hydrogen (secondary N) is 1. The second kappa shape index (κ2) is 8.75. The first kappa shape index (κ1) is 19.0. The summed E-state index contributed by atoms with van der Waals surface area (Å²) in [4.78, 5) is 18.7. The molecule has 26 heavy (non-hydrogen) atoms. The lowest BCUT2D eigenvalue weighted by molar-refractivity contribution is 0.0751. The Labute approximate surface area is 158 Å². The summed E-state index contributed by atoms with van der Waals surface area (Å²) >= 11 is 1.70. The van der Waals surface area contributed by atoms with Crippen LogP contribution in [-0.4, -0.2) is 54.5 Å². The zero-order chi connectivity index (χ0) is 18.5. The smallest absolute Gasteiger partial charge is 0.254 e. The number of rotatable bonds is 6. The van der Waals surface area contributed by atoms with E-state index in [0.29, 0.717) is 0 Å². The first-order chi connectivity index (χ1) is 12.6. The second-order valence-corrected chi connectivity index (χ2v) is 7.65. The number of carbonyl (C=O) groups excluding carboxylic acids is 1. The molecule has 1 aliphatic rings. The lowest BCUT2D eigenvalue weighted by Crippen LogP contribution is -2.52. The topological polar surface area (TPSA) is 35.6 Å². The number of benzene rings is 1. The first-order valence-electron chi connectivity index (χ1n) is 9.15. The molecule has 1 amide bonds. The molecular formula is C20H26FN3OS. The fraction of sp³-hybridized carbons (Fsp3) is 0.450. The van der Waals surface area contributed by atoms with Crippen LogP contribution >= 0.6 is 11.3 Å². The third-order valence-electron chi connectivity index (χ3n) is 5.03. The molecule has 0 radical (unpaired) electrons. The Morgan fingerprint density at radius 2 is 1.92 bits per heavy atom. The van der Waals surface area contributed by atoms with Crippen LogP contribution in [0.25, 0.3) is 0 Å². The summed E-state index contributed by atoms with van der Waals surface area (Å²) in [6.45, 7) is 9.27.